The van der Waals surface area contributed by atoms with Crippen molar-refractivity contribution in [2.75, 3.05) is 0 Å². The van der Waals surface area contributed by atoms with Gasteiger partial charge in [-0.25, -0.2) is 13.7 Å². The van der Waals surface area contributed by atoms with Gasteiger partial charge in [0.15, 0.2) is 0 Å². The van der Waals surface area contributed by atoms with E-state index in [9.17, 15) is 51.2 Å². The molecular formula is C76H59Cl8F7N6O4Ti4. The van der Waals surface area contributed by atoms with Crippen molar-refractivity contribution in [1.29, 1.82) is 0 Å². The van der Waals surface area contributed by atoms with Crippen LogP contribution in [0.4, 0.5) is 42.1 Å². The zero-order chi connectivity index (χ0) is 76.7. The predicted octanol–water partition coefficient (Wildman–Crippen LogP) is 25.4. The maximum absolute atomic E-state index is 13.8. The molecule has 0 unspecified atom stereocenters. The third-order valence-corrected chi connectivity index (χ3v) is 14.0. The normalized spacial score (nSPS) is 10.7. The third kappa shape index (κ3) is 30.8. The van der Waals surface area contributed by atoms with Gasteiger partial charge < -0.3 is 20.4 Å². The molecule has 10 nitrogen and oxygen atoms in total. The molecule has 10 aromatic carbocycles. The van der Waals surface area contributed by atoms with Crippen molar-refractivity contribution in [2.45, 2.75) is 26.2 Å². The molecule has 0 saturated heterocycles. The summed E-state index contributed by atoms with van der Waals surface area (Å²) in [7, 11) is 39.1. The number of benzene rings is 10. The van der Waals surface area contributed by atoms with Crippen molar-refractivity contribution >= 4 is 111 Å². The molecule has 0 bridgehead atoms. The van der Waals surface area contributed by atoms with Gasteiger partial charge in [-0.05, 0) is 132 Å². The van der Waals surface area contributed by atoms with Crippen LogP contribution in [0.15, 0.2) is 294 Å². The second-order valence-corrected chi connectivity index (χ2v) is 31.4. The Morgan fingerprint density at radius 2 is 0.610 bits per heavy atom. The van der Waals surface area contributed by atoms with E-state index in [2.05, 4.69) is 40.1 Å². The number of aryl methyl sites for hydroxylation is 2. The van der Waals surface area contributed by atoms with Gasteiger partial charge >= 0.3 is 155 Å². The number of alkyl halides is 6. The van der Waals surface area contributed by atoms with Gasteiger partial charge in [-0.3, -0.25) is 9.98 Å². The molecule has 12 rings (SSSR count). The summed E-state index contributed by atoms with van der Waals surface area (Å²) in [4.78, 5) is 8.24. The van der Waals surface area contributed by atoms with Gasteiger partial charge in [0, 0.05) is 81.7 Å². The van der Waals surface area contributed by atoms with Crippen molar-refractivity contribution < 1.29 is 119 Å². The van der Waals surface area contributed by atoms with Gasteiger partial charge in [-0.15, -0.1) is 0 Å². The Balaban J connectivity index is 0.000000240. The van der Waals surface area contributed by atoms with E-state index in [0.717, 1.165) is 39.7 Å². The number of phenolic OH excluding ortho intramolecular Hbond substituents is 4. The molecule has 0 fully saturated rings. The van der Waals surface area contributed by atoms with Gasteiger partial charge in [0.25, 0.3) is 0 Å². The Morgan fingerprint density at radius 1 is 0.324 bits per heavy atom. The van der Waals surface area contributed by atoms with Crippen molar-refractivity contribution in [3.05, 3.63) is 324 Å². The van der Waals surface area contributed by atoms with E-state index in [1.165, 1.54) is 35.5 Å². The zero-order valence-electron chi connectivity index (χ0n) is 54.9. The molecule has 29 heteroatoms. The molecule has 0 saturated carbocycles. The Morgan fingerprint density at radius 3 is 0.933 bits per heavy atom. The molecular weight excluding hydrogens is 1670 g/mol. The maximum atomic E-state index is 13.8. The van der Waals surface area contributed by atoms with Gasteiger partial charge in [-0.1, -0.05) is 164 Å². The average molecular weight is 1730 g/mol. The number of aromatic hydroxyl groups is 4. The first-order valence-electron chi connectivity index (χ1n) is 30.3. The molecule has 4 N–H and O–H groups in total. The molecule has 0 atom stereocenters. The number of hydrogen-bond donors (Lipinski definition) is 4. The second-order valence-electron chi connectivity index (χ2n) is 21.1. The monoisotopic (exact) mass is 1720 g/mol. The molecule has 2 heterocycles. The zero-order valence-corrected chi connectivity index (χ0v) is 67.2. The number of nitrogens with zero attached hydrogens (tertiary/aromatic N) is 6. The van der Waals surface area contributed by atoms with E-state index in [-0.39, 0.29) is 34.6 Å². The van der Waals surface area contributed by atoms with Gasteiger partial charge in [-0.2, -0.15) is 36.5 Å². The molecule has 0 aliphatic rings. The number of hydrogen-bond acceptors (Lipinski definition) is 8. The standard InChI is InChI=1S/C21H13F6NO.C21H19NO.C17H13FN2O.C17H14N2O.8ClH.4Ti/c22-20(23,24)15-9-16(21(25,26)27)11-17(10-15)28-12-14-7-4-8-18(19(14)29)13-5-2-1-3-6-13;1-15-11-16(2)13-19(12-15)22-14-18-9-6-10-20(21(18)23)17-7-4-3-5-8-17;18-15-10-14(12-19-20-8-4-5-9-20)17(21)16(11-15)13-6-2-1-3-7-13;20-17-15(13-18-19-11-4-5-12-19)9-6-10-16(17)14-7-2-1-3-8-14;;;;;;;;;;;;/h1-12,29H;3-14,23H,1-2H3;1-12,21H;1-13,20H;8*1H;;;;/q;;;;;;;;;;;;4*+2/p-8. The van der Waals surface area contributed by atoms with Crippen LogP contribution in [0.3, 0.4) is 0 Å². The van der Waals surface area contributed by atoms with E-state index in [1.54, 1.807) is 76.6 Å². The van der Waals surface area contributed by atoms with Gasteiger partial charge in [0.05, 0.1) is 34.9 Å². The van der Waals surface area contributed by atoms with Crippen molar-refractivity contribution in [3.63, 3.8) is 0 Å². The van der Waals surface area contributed by atoms with Crippen LogP contribution in [0.2, 0.25) is 0 Å². The Bertz CT molecular complexity index is 4620. The van der Waals surface area contributed by atoms with Gasteiger partial charge in [0.2, 0.25) is 0 Å². The molecule has 0 amide bonds. The summed E-state index contributed by atoms with van der Waals surface area (Å²) in [6, 6.07) is 71.0. The van der Waals surface area contributed by atoms with Crippen LogP contribution >= 0.6 is 74.4 Å². The van der Waals surface area contributed by atoms with E-state index < -0.39 is 103 Å². The first-order valence-corrected chi connectivity index (χ1v) is 47.5. The Labute approximate surface area is 669 Å². The van der Waals surface area contributed by atoms with Gasteiger partial charge in [0.1, 0.15) is 28.8 Å². The number of aromatic nitrogens is 2. The fourth-order valence-corrected chi connectivity index (χ4v) is 9.49. The van der Waals surface area contributed by atoms with Crippen LogP contribution in [0, 0.1) is 19.7 Å². The minimum absolute atomic E-state index is 0.0125. The summed E-state index contributed by atoms with van der Waals surface area (Å²) in [5, 5.41) is 50.1. The second kappa shape index (κ2) is 47.9. The van der Waals surface area contributed by atoms with E-state index in [1.807, 2.05) is 176 Å². The Kier molecular flexibility index (Phi) is 40.6. The summed E-state index contributed by atoms with van der Waals surface area (Å²) in [6.07, 6.45) is 3.11. The first-order chi connectivity index (χ1) is 50.4. The van der Waals surface area contributed by atoms with Crippen molar-refractivity contribution in [3.8, 4) is 67.5 Å². The van der Waals surface area contributed by atoms with E-state index in [0.29, 0.717) is 45.5 Å². The predicted molar refractivity (Wildman–Crippen MR) is 403 cm³/mol. The molecule has 0 radical (unpaired) electrons. The molecule has 12 aromatic rings. The van der Waals surface area contributed by atoms with Crippen LogP contribution in [0.5, 0.6) is 23.0 Å². The summed E-state index contributed by atoms with van der Waals surface area (Å²) >= 11 is -2.22. The first kappa shape index (κ1) is 89.0. The van der Waals surface area contributed by atoms with Crippen molar-refractivity contribution in [2.24, 2.45) is 20.2 Å². The summed E-state index contributed by atoms with van der Waals surface area (Å²) in [6.45, 7) is 4.11. The van der Waals surface area contributed by atoms with Crippen LogP contribution in [-0.2, 0) is 80.5 Å². The number of rotatable bonds is 12. The van der Waals surface area contributed by atoms with Crippen LogP contribution in [0.25, 0.3) is 44.5 Å². The quantitative estimate of drug-likeness (QED) is 0.0549. The van der Waals surface area contributed by atoms with E-state index in [4.69, 9.17) is 74.4 Å². The summed E-state index contributed by atoms with van der Waals surface area (Å²) in [5.41, 5.74) is 7.66. The summed E-state index contributed by atoms with van der Waals surface area (Å²) < 4.78 is 94.7. The number of aliphatic imine (C=N–C) groups is 2. The number of phenols is 4. The number of halogens is 15. The SMILES string of the molecule is Cc1cc(C)cc(N=Cc2cccc(-c3ccccc3)c2O)c1.Oc1c(C=Nc2cc(C(F)(F)F)cc(C(F)(F)F)c2)cccc1-c1ccccc1.Oc1c(C=Nn2cccc2)cc(F)cc1-c1ccccc1.Oc1c(C=Nn2cccc2)cccc1-c1ccccc1.[Cl][Ti][Cl].[Cl][Ti][Cl].[Cl][Ti][Cl].[Cl][Ti][Cl]. The molecule has 2 aromatic heterocycles. The average Bonchev–Trinajstić information content (AvgIpc) is 0.944. The topological polar surface area (TPSA) is 140 Å². The minimum atomic E-state index is -4.96. The van der Waals surface area contributed by atoms with Crippen LogP contribution < -0.4 is 0 Å². The molecule has 105 heavy (non-hydrogen) atoms. The molecule has 0 spiro atoms. The van der Waals surface area contributed by atoms with E-state index >= 15 is 0 Å². The molecule has 0 aliphatic heterocycles. The molecule has 0 aliphatic carbocycles. The van der Waals surface area contributed by atoms with Crippen LogP contribution in [-0.4, -0.2) is 54.6 Å². The Hall–Kier alpha value is -6.67. The fourth-order valence-electron chi connectivity index (χ4n) is 9.49. The van der Waals surface area contributed by atoms with Crippen molar-refractivity contribution in [1.82, 2.24) is 9.35 Å². The summed E-state index contributed by atoms with van der Waals surface area (Å²) in [5.74, 6) is -0.0917. The molecule has 538 valence electrons. The fraction of sp³-hybridized carbons (Fsp3) is 0.0526. The van der Waals surface area contributed by atoms with Crippen LogP contribution in [0.1, 0.15) is 44.5 Å². The third-order valence-electron chi connectivity index (χ3n) is 14.0. The number of para-hydroxylation sites is 3.